The zero-order valence-corrected chi connectivity index (χ0v) is 12.1. The SMILES string of the molecule is CCn1cc(S(=O)(=O)N(C)CC(C)Cl)nc1C. The summed E-state index contributed by atoms with van der Waals surface area (Å²) in [5, 5.41) is -0.152. The first-order chi connectivity index (χ1) is 7.78. The quantitative estimate of drug-likeness (QED) is 0.767. The van der Waals surface area contributed by atoms with Gasteiger partial charge in [-0.05, 0) is 20.8 Å². The highest BCUT2D eigenvalue weighted by molar-refractivity contribution is 7.89. The van der Waals surface area contributed by atoms with Crippen LogP contribution >= 0.6 is 11.6 Å². The minimum absolute atomic E-state index is 0.0802. The number of aromatic nitrogens is 2. The van der Waals surface area contributed by atoms with Gasteiger partial charge in [0.25, 0.3) is 10.0 Å². The van der Waals surface area contributed by atoms with E-state index in [1.165, 1.54) is 11.4 Å². The van der Waals surface area contributed by atoms with Gasteiger partial charge >= 0.3 is 0 Å². The van der Waals surface area contributed by atoms with E-state index in [4.69, 9.17) is 11.6 Å². The largest absolute Gasteiger partial charge is 0.334 e. The van der Waals surface area contributed by atoms with Crippen molar-refractivity contribution in [3.05, 3.63) is 12.0 Å². The molecule has 0 aliphatic carbocycles. The van der Waals surface area contributed by atoms with Crippen LogP contribution in [0.1, 0.15) is 19.7 Å². The van der Waals surface area contributed by atoms with Gasteiger partial charge in [0.05, 0.1) is 0 Å². The standard InChI is InChI=1S/C10H18ClN3O2S/c1-5-14-7-10(12-9(14)3)17(15,16)13(4)6-8(2)11/h7-8H,5-6H2,1-4H3. The van der Waals surface area contributed by atoms with Crippen molar-refractivity contribution in [1.29, 1.82) is 0 Å². The molecule has 1 aromatic heterocycles. The number of alkyl halides is 1. The third kappa shape index (κ3) is 3.20. The summed E-state index contributed by atoms with van der Waals surface area (Å²) in [4.78, 5) is 4.07. The molecule has 0 saturated heterocycles. The van der Waals surface area contributed by atoms with E-state index < -0.39 is 10.0 Å². The van der Waals surface area contributed by atoms with E-state index in [9.17, 15) is 8.42 Å². The topological polar surface area (TPSA) is 55.2 Å². The van der Waals surface area contributed by atoms with Crippen molar-refractivity contribution in [2.75, 3.05) is 13.6 Å². The average molecular weight is 280 g/mol. The van der Waals surface area contributed by atoms with Crippen LogP contribution in [-0.2, 0) is 16.6 Å². The Labute approximate surface area is 107 Å². The summed E-state index contributed by atoms with van der Waals surface area (Å²) in [7, 11) is -2.02. The second-order valence-electron chi connectivity index (χ2n) is 3.98. The number of aryl methyl sites for hydroxylation is 2. The third-order valence-corrected chi connectivity index (χ3v) is 4.31. The number of sulfonamides is 1. The fourth-order valence-electron chi connectivity index (χ4n) is 1.54. The van der Waals surface area contributed by atoms with Crippen molar-refractivity contribution in [3.63, 3.8) is 0 Å². The van der Waals surface area contributed by atoms with Crippen molar-refractivity contribution in [2.24, 2.45) is 0 Å². The molecule has 1 aromatic rings. The highest BCUT2D eigenvalue weighted by atomic mass is 35.5. The summed E-state index contributed by atoms with van der Waals surface area (Å²) in [5.41, 5.74) is 0. The fourth-order valence-corrected chi connectivity index (χ4v) is 3.07. The summed E-state index contributed by atoms with van der Waals surface area (Å²) >= 11 is 5.80. The molecule has 1 unspecified atom stereocenters. The minimum Gasteiger partial charge on any atom is -0.334 e. The summed E-state index contributed by atoms with van der Waals surface area (Å²) in [5.74, 6) is 0.693. The van der Waals surface area contributed by atoms with Crippen molar-refractivity contribution < 1.29 is 8.42 Å². The lowest BCUT2D eigenvalue weighted by Gasteiger charge is -2.16. The lowest BCUT2D eigenvalue weighted by atomic mass is 10.5. The maximum Gasteiger partial charge on any atom is 0.261 e. The molecule has 0 amide bonds. The first kappa shape index (κ1) is 14.5. The van der Waals surface area contributed by atoms with Gasteiger partial charge in [-0.3, -0.25) is 0 Å². The molecule has 0 fully saturated rings. The number of rotatable bonds is 5. The molecule has 5 nitrogen and oxygen atoms in total. The predicted molar refractivity (Wildman–Crippen MR) is 67.8 cm³/mol. The van der Waals surface area contributed by atoms with E-state index in [-0.39, 0.29) is 16.9 Å². The average Bonchev–Trinajstić information content (AvgIpc) is 2.59. The number of imidazole rings is 1. The van der Waals surface area contributed by atoms with E-state index in [1.54, 1.807) is 24.6 Å². The molecule has 0 N–H and O–H groups in total. The van der Waals surface area contributed by atoms with E-state index in [0.717, 1.165) is 0 Å². The molecule has 0 bridgehead atoms. The summed E-state index contributed by atoms with van der Waals surface area (Å²) < 4.78 is 27.3. The molecule has 1 atom stereocenters. The molecule has 0 spiro atoms. The number of halogens is 1. The first-order valence-corrected chi connectivity index (χ1v) is 7.30. The van der Waals surface area contributed by atoms with Crippen LogP contribution in [0.3, 0.4) is 0 Å². The van der Waals surface area contributed by atoms with Crippen LogP contribution in [0.15, 0.2) is 11.2 Å². The summed E-state index contributed by atoms with van der Waals surface area (Å²) in [6.45, 7) is 6.44. The van der Waals surface area contributed by atoms with Gasteiger partial charge in [-0.25, -0.2) is 13.4 Å². The second-order valence-corrected chi connectivity index (χ2v) is 6.72. The molecule has 7 heteroatoms. The van der Waals surface area contributed by atoms with Gasteiger partial charge in [0.15, 0.2) is 5.03 Å². The second kappa shape index (κ2) is 5.37. The lowest BCUT2D eigenvalue weighted by molar-refractivity contribution is 0.468. The van der Waals surface area contributed by atoms with Gasteiger partial charge in [0, 0.05) is 31.7 Å². The molecule has 0 saturated carbocycles. The van der Waals surface area contributed by atoms with Crippen LogP contribution in [0.4, 0.5) is 0 Å². The molecule has 0 aliphatic rings. The smallest absolute Gasteiger partial charge is 0.261 e. The number of nitrogens with zero attached hydrogens (tertiary/aromatic N) is 3. The molecule has 0 radical (unpaired) electrons. The zero-order valence-electron chi connectivity index (χ0n) is 10.5. The Balaban J connectivity index is 3.04. The number of hydrogen-bond donors (Lipinski definition) is 0. The predicted octanol–water partition coefficient (Wildman–Crippen LogP) is 1.46. The normalized spacial score (nSPS) is 14.2. The van der Waals surface area contributed by atoms with Crippen LogP contribution in [0, 0.1) is 6.92 Å². The van der Waals surface area contributed by atoms with Crippen molar-refractivity contribution in [3.8, 4) is 0 Å². The molecule has 1 rings (SSSR count). The molecule has 0 aliphatic heterocycles. The van der Waals surface area contributed by atoms with E-state index in [1.807, 2.05) is 6.92 Å². The Morgan fingerprint density at radius 3 is 2.59 bits per heavy atom. The Kier molecular flexibility index (Phi) is 4.57. The van der Waals surface area contributed by atoms with Gasteiger partial charge in [-0.2, -0.15) is 4.31 Å². The van der Waals surface area contributed by atoms with Crippen molar-refractivity contribution >= 4 is 21.6 Å². The zero-order chi connectivity index (χ0) is 13.2. The van der Waals surface area contributed by atoms with Gasteiger partial charge in [-0.15, -0.1) is 11.6 Å². The number of hydrogen-bond acceptors (Lipinski definition) is 3. The van der Waals surface area contributed by atoms with Crippen molar-refractivity contribution in [2.45, 2.75) is 37.7 Å². The van der Waals surface area contributed by atoms with Gasteiger partial charge in [0.2, 0.25) is 0 Å². The highest BCUT2D eigenvalue weighted by Crippen LogP contribution is 2.15. The molecule has 1 heterocycles. The maximum atomic E-state index is 12.1. The lowest BCUT2D eigenvalue weighted by Crippen LogP contribution is -2.31. The van der Waals surface area contributed by atoms with Crippen LogP contribution in [0.5, 0.6) is 0 Å². The molecule has 98 valence electrons. The van der Waals surface area contributed by atoms with Gasteiger partial charge in [-0.1, -0.05) is 0 Å². The van der Waals surface area contributed by atoms with Crippen LogP contribution in [-0.4, -0.2) is 41.2 Å². The van der Waals surface area contributed by atoms with E-state index in [2.05, 4.69) is 4.98 Å². The Morgan fingerprint density at radius 2 is 2.18 bits per heavy atom. The van der Waals surface area contributed by atoms with E-state index >= 15 is 0 Å². The highest BCUT2D eigenvalue weighted by Gasteiger charge is 2.25. The Bertz CT molecular complexity index is 482. The van der Waals surface area contributed by atoms with Gasteiger partial charge < -0.3 is 4.57 Å². The van der Waals surface area contributed by atoms with Crippen LogP contribution in [0.2, 0.25) is 0 Å². The maximum absolute atomic E-state index is 12.1. The van der Waals surface area contributed by atoms with E-state index in [0.29, 0.717) is 12.4 Å². The summed E-state index contributed by atoms with van der Waals surface area (Å²) in [6.07, 6.45) is 1.56. The monoisotopic (exact) mass is 279 g/mol. The molecule has 17 heavy (non-hydrogen) atoms. The van der Waals surface area contributed by atoms with Gasteiger partial charge in [0.1, 0.15) is 5.82 Å². The van der Waals surface area contributed by atoms with Crippen molar-refractivity contribution in [1.82, 2.24) is 13.9 Å². The van der Waals surface area contributed by atoms with Crippen LogP contribution < -0.4 is 0 Å². The molecular weight excluding hydrogens is 262 g/mol. The molecule has 0 aromatic carbocycles. The Morgan fingerprint density at radius 1 is 1.59 bits per heavy atom. The fraction of sp³-hybridized carbons (Fsp3) is 0.700. The van der Waals surface area contributed by atoms with Crippen LogP contribution in [0.25, 0.3) is 0 Å². The summed E-state index contributed by atoms with van der Waals surface area (Å²) in [6, 6.07) is 0. The molecular formula is C10H18ClN3O2S. The first-order valence-electron chi connectivity index (χ1n) is 5.43. The third-order valence-electron chi connectivity index (χ3n) is 2.48. The Hall–Kier alpha value is -0.590. The minimum atomic E-state index is -3.53.